The van der Waals surface area contributed by atoms with Crippen LogP contribution in [0.3, 0.4) is 0 Å². The van der Waals surface area contributed by atoms with Gasteiger partial charge in [0.05, 0.1) is 16.2 Å². The molecule has 1 N–H and O–H groups in total. The largest absolute Gasteiger partial charge is 0.479 e. The molecule has 3 aromatic carbocycles. The Hall–Kier alpha value is -3.80. The number of pyridine rings is 1. The predicted octanol–water partition coefficient (Wildman–Crippen LogP) is 7.26. The molecule has 174 valence electrons. The summed E-state index contributed by atoms with van der Waals surface area (Å²) in [5, 5.41) is 10.2. The van der Waals surface area contributed by atoms with Gasteiger partial charge in [-0.25, -0.2) is 14.2 Å². The first-order valence-corrected chi connectivity index (χ1v) is 11.5. The molecule has 0 amide bonds. The molecule has 0 saturated carbocycles. The number of carbonyl (C=O) groups is 1. The van der Waals surface area contributed by atoms with Crippen molar-refractivity contribution < 1.29 is 19.0 Å². The topological polar surface area (TPSA) is 59.4 Å². The second-order valence-corrected chi connectivity index (χ2v) is 8.78. The Labute approximate surface area is 207 Å². The zero-order valence-electron chi connectivity index (χ0n) is 18.8. The molecule has 4 aromatic rings. The average Bonchev–Trinajstić information content (AvgIpc) is 3.00. The van der Waals surface area contributed by atoms with Crippen molar-refractivity contribution >= 4 is 52.8 Å². The van der Waals surface area contributed by atoms with Gasteiger partial charge in [0.25, 0.3) is 0 Å². The Morgan fingerprint density at radius 2 is 1.80 bits per heavy atom. The van der Waals surface area contributed by atoms with Crippen LogP contribution in [0.5, 0.6) is 0 Å². The van der Waals surface area contributed by atoms with E-state index in [9.17, 15) is 14.3 Å². The van der Waals surface area contributed by atoms with Gasteiger partial charge in [0.2, 0.25) is 0 Å². The zero-order valence-corrected chi connectivity index (χ0v) is 19.5. The highest BCUT2D eigenvalue weighted by molar-refractivity contribution is 6.31. The van der Waals surface area contributed by atoms with Crippen LogP contribution in [-0.2, 0) is 9.53 Å². The summed E-state index contributed by atoms with van der Waals surface area (Å²) in [6.45, 7) is 1.54. The summed E-state index contributed by atoms with van der Waals surface area (Å²) in [5.41, 5.74) is 5.96. The number of fused-ring (bicyclic) bond motifs is 3. The lowest BCUT2D eigenvalue weighted by Gasteiger charge is -2.23. The highest BCUT2D eigenvalue weighted by Crippen LogP contribution is 2.37. The first-order valence-electron chi connectivity index (χ1n) is 11.1. The van der Waals surface area contributed by atoms with E-state index in [-0.39, 0.29) is 5.02 Å². The standard InChI is InChI=1S/C29H21ClFNO3/c1-17(29(33)34)35-28-23-5-3-2-4-19(23)9-10-20-8-6-18(14-24(20)28)7-12-22-13-11-21-15-26(31)25(30)16-27(21)32-22/h2-17,28H,1H3,(H,33,34)/b12-7+/t17?,28-/m1/s1. The number of halogens is 2. The highest BCUT2D eigenvalue weighted by Gasteiger charge is 2.26. The van der Waals surface area contributed by atoms with Crippen LogP contribution in [0, 0.1) is 5.82 Å². The number of ether oxygens (including phenoxy) is 1. The third-order valence-corrected chi connectivity index (χ3v) is 6.29. The first-order chi connectivity index (χ1) is 16.9. The summed E-state index contributed by atoms with van der Waals surface area (Å²) in [6, 6.07) is 20.3. The molecule has 1 aliphatic carbocycles. The van der Waals surface area contributed by atoms with E-state index in [0.717, 1.165) is 27.8 Å². The van der Waals surface area contributed by atoms with Gasteiger partial charge in [-0.2, -0.15) is 0 Å². The maximum Gasteiger partial charge on any atom is 0.332 e. The van der Waals surface area contributed by atoms with Crippen molar-refractivity contribution in [2.24, 2.45) is 0 Å². The van der Waals surface area contributed by atoms with Gasteiger partial charge in [0, 0.05) is 5.39 Å². The van der Waals surface area contributed by atoms with Crippen molar-refractivity contribution in [3.05, 3.63) is 111 Å². The van der Waals surface area contributed by atoms with Gasteiger partial charge in [0.15, 0.2) is 6.10 Å². The molecule has 0 bridgehead atoms. The average molecular weight is 486 g/mol. The van der Waals surface area contributed by atoms with Crippen molar-refractivity contribution in [1.29, 1.82) is 0 Å². The van der Waals surface area contributed by atoms with Crippen LogP contribution in [0.2, 0.25) is 5.02 Å². The molecule has 4 nitrogen and oxygen atoms in total. The summed E-state index contributed by atoms with van der Waals surface area (Å²) in [5.74, 6) is -1.49. The number of hydrogen-bond donors (Lipinski definition) is 1. The van der Waals surface area contributed by atoms with Crippen molar-refractivity contribution in [3.63, 3.8) is 0 Å². The zero-order chi connectivity index (χ0) is 24.5. The van der Waals surface area contributed by atoms with Crippen LogP contribution in [-0.4, -0.2) is 22.2 Å². The van der Waals surface area contributed by atoms with Gasteiger partial charge < -0.3 is 9.84 Å². The molecule has 1 aromatic heterocycles. The van der Waals surface area contributed by atoms with Gasteiger partial charge in [0.1, 0.15) is 11.9 Å². The Morgan fingerprint density at radius 1 is 1.03 bits per heavy atom. The molecule has 0 fully saturated rings. The maximum absolute atomic E-state index is 13.7. The minimum atomic E-state index is -1.01. The first kappa shape index (κ1) is 23.0. The summed E-state index contributed by atoms with van der Waals surface area (Å²) < 4.78 is 19.8. The molecule has 0 spiro atoms. The van der Waals surface area contributed by atoms with Crippen LogP contribution in [0.15, 0.2) is 66.7 Å². The second kappa shape index (κ2) is 9.45. The van der Waals surface area contributed by atoms with Crippen molar-refractivity contribution in [1.82, 2.24) is 4.98 Å². The molecule has 0 saturated heterocycles. The molecular weight excluding hydrogens is 465 g/mol. The fraction of sp³-hybridized carbons (Fsp3) is 0.103. The number of aromatic nitrogens is 1. The van der Waals surface area contributed by atoms with E-state index in [1.165, 1.54) is 19.1 Å². The smallest absolute Gasteiger partial charge is 0.332 e. The molecule has 6 heteroatoms. The van der Waals surface area contributed by atoms with Crippen molar-refractivity contribution in [2.45, 2.75) is 19.1 Å². The van der Waals surface area contributed by atoms with Crippen LogP contribution < -0.4 is 0 Å². The van der Waals surface area contributed by atoms with E-state index < -0.39 is 24.0 Å². The summed E-state index contributed by atoms with van der Waals surface area (Å²) in [7, 11) is 0. The minimum Gasteiger partial charge on any atom is -0.479 e. The quantitative estimate of drug-likeness (QED) is 0.323. The molecule has 0 radical (unpaired) electrons. The highest BCUT2D eigenvalue weighted by atomic mass is 35.5. The van der Waals surface area contributed by atoms with E-state index in [1.54, 1.807) is 6.07 Å². The normalized spacial score (nSPS) is 15.6. The van der Waals surface area contributed by atoms with E-state index >= 15 is 0 Å². The predicted molar refractivity (Wildman–Crippen MR) is 137 cm³/mol. The molecule has 1 unspecified atom stereocenters. The number of nitrogens with zero attached hydrogens (tertiary/aromatic N) is 1. The van der Waals surface area contributed by atoms with Crippen LogP contribution in [0.25, 0.3) is 35.2 Å². The van der Waals surface area contributed by atoms with E-state index in [1.807, 2.05) is 72.8 Å². The monoisotopic (exact) mass is 485 g/mol. The molecule has 2 atom stereocenters. The molecule has 1 aliphatic rings. The molecule has 1 heterocycles. The summed E-state index contributed by atoms with van der Waals surface area (Å²) in [4.78, 5) is 16.1. The molecule has 5 rings (SSSR count). The molecule has 35 heavy (non-hydrogen) atoms. The van der Waals surface area contributed by atoms with Gasteiger partial charge in [-0.3, -0.25) is 0 Å². The molecule has 0 aliphatic heterocycles. The number of carboxylic acid groups (broad SMARTS) is 1. The number of rotatable bonds is 5. The Bertz CT molecular complexity index is 1510. The van der Waals surface area contributed by atoms with Gasteiger partial charge in [-0.05, 0) is 65.1 Å². The lowest BCUT2D eigenvalue weighted by Crippen LogP contribution is -2.23. The van der Waals surface area contributed by atoms with Gasteiger partial charge in [-0.15, -0.1) is 0 Å². The third kappa shape index (κ3) is 4.74. The number of benzene rings is 3. The number of hydrogen-bond acceptors (Lipinski definition) is 3. The third-order valence-electron chi connectivity index (χ3n) is 6.00. The minimum absolute atomic E-state index is 0.0341. The summed E-state index contributed by atoms with van der Waals surface area (Å²) in [6.07, 6.45) is 6.32. The van der Waals surface area contributed by atoms with Crippen molar-refractivity contribution in [3.8, 4) is 0 Å². The Kier molecular flexibility index (Phi) is 6.20. The Balaban J connectivity index is 1.52. The second-order valence-electron chi connectivity index (χ2n) is 8.38. The van der Waals surface area contributed by atoms with Gasteiger partial charge >= 0.3 is 5.97 Å². The van der Waals surface area contributed by atoms with Crippen molar-refractivity contribution in [2.75, 3.05) is 0 Å². The Morgan fingerprint density at radius 3 is 2.60 bits per heavy atom. The summed E-state index contributed by atoms with van der Waals surface area (Å²) >= 11 is 5.91. The lowest BCUT2D eigenvalue weighted by atomic mass is 9.94. The maximum atomic E-state index is 13.7. The fourth-order valence-electron chi connectivity index (χ4n) is 4.14. The number of aliphatic carboxylic acids is 1. The number of carboxylic acids is 1. The van der Waals surface area contributed by atoms with Crippen LogP contribution in [0.1, 0.15) is 46.5 Å². The fourth-order valence-corrected chi connectivity index (χ4v) is 4.30. The van der Waals surface area contributed by atoms with E-state index in [4.69, 9.17) is 16.3 Å². The van der Waals surface area contributed by atoms with Gasteiger partial charge in [-0.1, -0.05) is 72.3 Å². The van der Waals surface area contributed by atoms with E-state index in [0.29, 0.717) is 16.6 Å². The SMILES string of the molecule is CC(O[C@@H]1c2ccccc2C=Cc2ccc(/C=C/c3ccc4cc(F)c(Cl)cc4n3)cc21)C(=O)O. The van der Waals surface area contributed by atoms with Crippen LogP contribution >= 0.6 is 11.6 Å². The van der Waals surface area contributed by atoms with Crippen LogP contribution in [0.4, 0.5) is 4.39 Å². The molecular formula is C29H21ClFNO3. The lowest BCUT2D eigenvalue weighted by molar-refractivity contribution is -0.151. The van der Waals surface area contributed by atoms with E-state index in [2.05, 4.69) is 4.98 Å².